The van der Waals surface area contributed by atoms with Crippen molar-refractivity contribution >= 4 is 0 Å². The second kappa shape index (κ2) is 7.09. The Balaban J connectivity index is 2.58. The van der Waals surface area contributed by atoms with Gasteiger partial charge >= 0.3 is 0 Å². The van der Waals surface area contributed by atoms with Crippen LogP contribution in [-0.2, 0) is 0 Å². The molecule has 94 valence electrons. The summed E-state index contributed by atoms with van der Waals surface area (Å²) in [5, 5.41) is 0. The molecule has 1 heteroatoms. The fraction of sp³-hybridized carbons (Fsp3) is 0.867. The topological polar surface area (TPSA) is 0 Å². The monoisotopic (exact) mass is 226 g/mol. The van der Waals surface area contributed by atoms with Crippen LogP contribution in [0.1, 0.15) is 52.9 Å². The molecule has 0 unspecified atom stereocenters. The summed E-state index contributed by atoms with van der Waals surface area (Å²) in [4.78, 5) is 0. The maximum absolute atomic E-state index is 12.8. The average Bonchev–Trinajstić information content (AvgIpc) is 2.26. The van der Waals surface area contributed by atoms with E-state index in [0.29, 0.717) is 5.92 Å². The third-order valence-corrected chi connectivity index (χ3v) is 4.03. The minimum atomic E-state index is -0.149. The van der Waals surface area contributed by atoms with Crippen LogP contribution in [-0.4, -0.2) is 6.67 Å². The third-order valence-electron chi connectivity index (χ3n) is 4.03. The Morgan fingerprint density at radius 3 is 2.50 bits per heavy atom. The van der Waals surface area contributed by atoms with Gasteiger partial charge in [-0.1, -0.05) is 32.9 Å². The first-order valence-electron chi connectivity index (χ1n) is 6.86. The Labute approximate surface area is 100 Å². The number of halogens is 1. The first-order valence-corrected chi connectivity index (χ1v) is 6.86. The van der Waals surface area contributed by atoms with Gasteiger partial charge in [-0.05, 0) is 55.8 Å². The Hall–Kier alpha value is -0.330. The average molecular weight is 226 g/mol. The van der Waals surface area contributed by atoms with E-state index in [-0.39, 0.29) is 12.6 Å². The Kier molecular flexibility index (Phi) is 6.08. The summed E-state index contributed by atoms with van der Waals surface area (Å²) >= 11 is 0. The first-order chi connectivity index (χ1) is 7.63. The lowest BCUT2D eigenvalue weighted by atomic mass is 9.81. The zero-order valence-electron chi connectivity index (χ0n) is 11.1. The van der Waals surface area contributed by atoms with Crippen molar-refractivity contribution in [3.63, 3.8) is 0 Å². The maximum atomic E-state index is 12.8. The summed E-state index contributed by atoms with van der Waals surface area (Å²) in [5.74, 6) is 2.47. The van der Waals surface area contributed by atoms with Gasteiger partial charge in [-0.3, -0.25) is 4.39 Å². The highest BCUT2D eigenvalue weighted by Crippen LogP contribution is 2.29. The number of allylic oxidation sites excluding steroid dienone is 2. The lowest BCUT2D eigenvalue weighted by molar-refractivity contribution is 0.262. The van der Waals surface area contributed by atoms with Crippen molar-refractivity contribution in [1.29, 1.82) is 0 Å². The molecule has 0 aromatic heterocycles. The van der Waals surface area contributed by atoms with Gasteiger partial charge in [0, 0.05) is 0 Å². The molecule has 0 heterocycles. The Bertz CT molecular complexity index is 207. The molecule has 0 aromatic carbocycles. The van der Waals surface area contributed by atoms with Crippen LogP contribution in [0.3, 0.4) is 0 Å². The van der Waals surface area contributed by atoms with Gasteiger partial charge < -0.3 is 0 Å². The highest BCUT2D eigenvalue weighted by molar-refractivity contribution is 4.89. The molecule has 0 saturated heterocycles. The maximum Gasteiger partial charge on any atom is 0.0925 e. The molecule has 0 N–H and O–H groups in total. The fourth-order valence-electron chi connectivity index (χ4n) is 2.60. The smallest absolute Gasteiger partial charge is 0.0925 e. The van der Waals surface area contributed by atoms with Crippen LogP contribution >= 0.6 is 0 Å². The zero-order chi connectivity index (χ0) is 12.0. The molecule has 0 aromatic rings. The zero-order valence-corrected chi connectivity index (χ0v) is 11.1. The third kappa shape index (κ3) is 4.67. The van der Waals surface area contributed by atoms with Gasteiger partial charge in [0.1, 0.15) is 0 Å². The molecule has 0 spiro atoms. The predicted molar refractivity (Wildman–Crippen MR) is 69.2 cm³/mol. The first kappa shape index (κ1) is 13.7. The van der Waals surface area contributed by atoms with E-state index in [4.69, 9.17) is 0 Å². The molecule has 0 radical (unpaired) electrons. The molecular formula is C15H27F. The van der Waals surface area contributed by atoms with Crippen LogP contribution in [0.5, 0.6) is 0 Å². The molecule has 0 bridgehead atoms. The van der Waals surface area contributed by atoms with Crippen molar-refractivity contribution in [2.75, 3.05) is 6.67 Å². The van der Waals surface area contributed by atoms with E-state index in [1.807, 2.05) is 0 Å². The molecule has 0 amide bonds. The van der Waals surface area contributed by atoms with Gasteiger partial charge in [0.2, 0.25) is 0 Å². The molecule has 0 saturated carbocycles. The summed E-state index contributed by atoms with van der Waals surface area (Å²) < 4.78 is 12.8. The Morgan fingerprint density at radius 1 is 1.19 bits per heavy atom. The van der Waals surface area contributed by atoms with Crippen molar-refractivity contribution in [2.45, 2.75) is 52.9 Å². The van der Waals surface area contributed by atoms with Crippen LogP contribution in [0.2, 0.25) is 0 Å². The van der Waals surface area contributed by atoms with Gasteiger partial charge in [-0.2, -0.15) is 0 Å². The van der Waals surface area contributed by atoms with E-state index < -0.39 is 0 Å². The van der Waals surface area contributed by atoms with Crippen molar-refractivity contribution < 1.29 is 4.39 Å². The molecule has 16 heavy (non-hydrogen) atoms. The second-order valence-electron chi connectivity index (χ2n) is 5.82. The van der Waals surface area contributed by atoms with Crippen LogP contribution in [0.15, 0.2) is 12.2 Å². The normalized spacial score (nSPS) is 34.9. The SMILES string of the molecule is CC(C)[C@H]1CC[C@@H](CF)C/C=C/[C@H](C)CC1. The molecular weight excluding hydrogens is 199 g/mol. The fourth-order valence-corrected chi connectivity index (χ4v) is 2.60. The molecule has 0 aliphatic heterocycles. The van der Waals surface area contributed by atoms with Gasteiger partial charge in [0.15, 0.2) is 0 Å². The van der Waals surface area contributed by atoms with E-state index in [1.165, 1.54) is 19.3 Å². The molecule has 0 nitrogen and oxygen atoms in total. The highest BCUT2D eigenvalue weighted by Gasteiger charge is 2.18. The van der Waals surface area contributed by atoms with E-state index >= 15 is 0 Å². The predicted octanol–water partition coefficient (Wildman–Crippen LogP) is 5.00. The molecule has 3 atom stereocenters. The quantitative estimate of drug-likeness (QED) is 0.581. The Morgan fingerprint density at radius 2 is 1.88 bits per heavy atom. The van der Waals surface area contributed by atoms with Crippen LogP contribution < -0.4 is 0 Å². The number of rotatable bonds is 2. The summed E-state index contributed by atoms with van der Waals surface area (Å²) in [6.45, 7) is 6.74. The van der Waals surface area contributed by atoms with Crippen LogP contribution in [0.4, 0.5) is 4.39 Å². The molecule has 1 aliphatic carbocycles. The summed E-state index contributed by atoms with van der Waals surface area (Å²) in [7, 11) is 0. The van der Waals surface area contributed by atoms with E-state index in [2.05, 4.69) is 32.9 Å². The molecule has 0 fully saturated rings. The van der Waals surface area contributed by atoms with E-state index in [1.54, 1.807) is 0 Å². The van der Waals surface area contributed by atoms with Crippen molar-refractivity contribution in [1.82, 2.24) is 0 Å². The minimum Gasteiger partial charge on any atom is -0.251 e. The van der Waals surface area contributed by atoms with Gasteiger partial charge in [0.25, 0.3) is 0 Å². The molecule has 1 aliphatic rings. The minimum absolute atomic E-state index is 0.149. The van der Waals surface area contributed by atoms with Crippen molar-refractivity contribution in [2.24, 2.45) is 23.7 Å². The molecule has 1 rings (SSSR count). The lowest BCUT2D eigenvalue weighted by Gasteiger charge is -2.24. The summed E-state index contributed by atoms with van der Waals surface area (Å²) in [6.07, 6.45) is 10.3. The number of hydrogen-bond acceptors (Lipinski definition) is 0. The van der Waals surface area contributed by atoms with Gasteiger partial charge in [-0.15, -0.1) is 0 Å². The number of alkyl halides is 1. The summed E-state index contributed by atoms with van der Waals surface area (Å²) in [5.41, 5.74) is 0. The van der Waals surface area contributed by atoms with Gasteiger partial charge in [-0.25, -0.2) is 0 Å². The van der Waals surface area contributed by atoms with Crippen molar-refractivity contribution in [3.8, 4) is 0 Å². The number of hydrogen-bond donors (Lipinski definition) is 0. The largest absolute Gasteiger partial charge is 0.251 e. The lowest BCUT2D eigenvalue weighted by Crippen LogP contribution is -2.14. The van der Waals surface area contributed by atoms with Crippen LogP contribution in [0, 0.1) is 23.7 Å². The van der Waals surface area contributed by atoms with E-state index in [9.17, 15) is 4.39 Å². The second-order valence-corrected chi connectivity index (χ2v) is 5.82. The highest BCUT2D eigenvalue weighted by atomic mass is 19.1. The summed E-state index contributed by atoms with van der Waals surface area (Å²) in [6, 6.07) is 0. The van der Waals surface area contributed by atoms with E-state index in [0.717, 1.165) is 24.7 Å². The van der Waals surface area contributed by atoms with Crippen LogP contribution in [0.25, 0.3) is 0 Å². The standard InChI is InChI=1S/C15H27F/c1-12(2)15-9-7-13(3)5-4-6-14(11-16)8-10-15/h4-5,12-15H,6-11H2,1-3H3/b5-4+/t13-,14-,15+/m0/s1. The van der Waals surface area contributed by atoms with Crippen molar-refractivity contribution in [3.05, 3.63) is 12.2 Å². The van der Waals surface area contributed by atoms with Gasteiger partial charge in [0.05, 0.1) is 6.67 Å².